The van der Waals surface area contributed by atoms with Gasteiger partial charge in [0.15, 0.2) is 0 Å². The molecule has 0 heterocycles. The van der Waals surface area contributed by atoms with E-state index in [2.05, 4.69) is 24.0 Å². The van der Waals surface area contributed by atoms with Crippen molar-refractivity contribution >= 4 is 5.97 Å². The molecule has 0 radical (unpaired) electrons. The zero-order valence-corrected chi connectivity index (χ0v) is 13.9. The van der Waals surface area contributed by atoms with Crippen LogP contribution in [0.3, 0.4) is 0 Å². The van der Waals surface area contributed by atoms with Crippen molar-refractivity contribution in [3.63, 3.8) is 0 Å². The van der Waals surface area contributed by atoms with Gasteiger partial charge in [-0.1, -0.05) is 51.2 Å². The highest BCUT2D eigenvalue weighted by molar-refractivity contribution is 5.66. The van der Waals surface area contributed by atoms with Gasteiger partial charge in [-0.2, -0.15) is 0 Å². The van der Waals surface area contributed by atoms with Gasteiger partial charge in [0.25, 0.3) is 0 Å². The van der Waals surface area contributed by atoms with Crippen LogP contribution in [0.15, 0.2) is 24.0 Å². The lowest BCUT2D eigenvalue weighted by molar-refractivity contribution is -0.206. The third kappa shape index (κ3) is 15.1. The zero-order chi connectivity index (χ0) is 16.5. The van der Waals surface area contributed by atoms with Gasteiger partial charge in [0, 0.05) is 12.8 Å². The summed E-state index contributed by atoms with van der Waals surface area (Å²) in [4.78, 5) is 14.7. The molecule has 0 fully saturated rings. The number of hydrogen-bond donors (Lipinski definition) is 2. The van der Waals surface area contributed by atoms with Crippen LogP contribution in [0.2, 0.25) is 0 Å². The van der Waals surface area contributed by atoms with Crippen LogP contribution < -0.4 is 0 Å². The summed E-state index contributed by atoms with van der Waals surface area (Å²) in [5.74, 6) is -0.0339. The second-order valence-electron chi connectivity index (χ2n) is 5.63. The molecule has 0 rings (SSSR count). The van der Waals surface area contributed by atoms with Crippen molar-refractivity contribution in [2.24, 2.45) is 0 Å². The van der Waals surface area contributed by atoms with Crippen molar-refractivity contribution in [1.29, 1.82) is 0 Å². The van der Waals surface area contributed by atoms with Crippen molar-refractivity contribution in [1.82, 2.24) is 0 Å². The predicted molar refractivity (Wildman–Crippen MR) is 89.7 cm³/mol. The molecule has 0 aromatic rings. The molecular weight excluding hydrogens is 280 g/mol. The summed E-state index contributed by atoms with van der Waals surface area (Å²) in [5, 5.41) is 17.3. The van der Waals surface area contributed by atoms with Crippen LogP contribution in [0.25, 0.3) is 0 Å². The summed E-state index contributed by atoms with van der Waals surface area (Å²) in [7, 11) is 0. The monoisotopic (exact) mass is 312 g/mol. The van der Waals surface area contributed by atoms with Gasteiger partial charge in [0.2, 0.25) is 0 Å². The molecule has 0 saturated carbocycles. The molecule has 0 saturated heterocycles. The fraction of sp³-hybridized carbons (Fsp3) is 0.722. The van der Waals surface area contributed by atoms with E-state index in [1.165, 1.54) is 0 Å². The lowest BCUT2D eigenvalue weighted by atomic mass is 10.1. The normalized spacial score (nSPS) is 12.0. The maximum atomic E-state index is 10.3. The van der Waals surface area contributed by atoms with E-state index in [9.17, 15) is 4.79 Å². The van der Waals surface area contributed by atoms with Crippen LogP contribution >= 0.6 is 0 Å². The lowest BCUT2D eigenvalue weighted by Gasteiger charge is -2.02. The summed E-state index contributed by atoms with van der Waals surface area (Å²) in [6.45, 7) is 2.15. The quantitative estimate of drug-likeness (QED) is 0.134. The first-order chi connectivity index (χ1) is 10.7. The second kappa shape index (κ2) is 16.1. The van der Waals surface area contributed by atoms with E-state index in [1.807, 2.05) is 6.08 Å². The fourth-order valence-electron chi connectivity index (χ4n) is 2.22. The number of rotatable bonds is 15. The molecule has 0 aliphatic rings. The summed E-state index contributed by atoms with van der Waals surface area (Å²) < 4.78 is 0. The Balaban J connectivity index is 3.50. The molecule has 4 nitrogen and oxygen atoms in total. The maximum Gasteiger partial charge on any atom is 0.303 e. The number of carbonyl (C=O) groups is 1. The zero-order valence-electron chi connectivity index (χ0n) is 13.9. The number of hydrogen-bond acceptors (Lipinski definition) is 3. The van der Waals surface area contributed by atoms with Gasteiger partial charge < -0.3 is 9.99 Å². The highest BCUT2D eigenvalue weighted by atomic mass is 17.1. The fourth-order valence-corrected chi connectivity index (χ4v) is 2.22. The molecule has 0 aromatic heterocycles. The Morgan fingerprint density at radius 3 is 2.32 bits per heavy atom. The summed E-state index contributed by atoms with van der Waals surface area (Å²) >= 11 is 0. The van der Waals surface area contributed by atoms with Crippen LogP contribution in [0.4, 0.5) is 0 Å². The summed E-state index contributed by atoms with van der Waals surface area (Å²) in [6.07, 6.45) is 17.7. The van der Waals surface area contributed by atoms with Crippen LogP contribution in [-0.4, -0.2) is 16.3 Å². The number of aliphatic carboxylic acids is 1. The minimum Gasteiger partial charge on any atom is -0.481 e. The van der Waals surface area contributed by atoms with Gasteiger partial charge in [-0.15, -0.1) is 0 Å². The molecule has 0 bridgehead atoms. The third-order valence-electron chi connectivity index (χ3n) is 3.55. The van der Waals surface area contributed by atoms with Gasteiger partial charge in [-0.3, -0.25) is 4.79 Å². The standard InChI is InChI=1S/C18H32O4/c1-2-3-11-14-17(22-21)15-12-9-7-5-4-6-8-10-13-16-18(19)20/h7,9,15,21H,2-6,8,10-14,16H2,1H3,(H,19,20)/b9-7-,17-15?. The summed E-state index contributed by atoms with van der Waals surface area (Å²) in [5.41, 5.74) is 0. The van der Waals surface area contributed by atoms with E-state index in [1.54, 1.807) is 0 Å². The van der Waals surface area contributed by atoms with Crippen molar-refractivity contribution in [3.05, 3.63) is 24.0 Å². The van der Waals surface area contributed by atoms with Crippen molar-refractivity contribution < 1.29 is 20.0 Å². The van der Waals surface area contributed by atoms with Crippen LogP contribution in [0.5, 0.6) is 0 Å². The van der Waals surface area contributed by atoms with Crippen LogP contribution in [0, 0.1) is 0 Å². The topological polar surface area (TPSA) is 66.8 Å². The molecule has 0 aromatic carbocycles. The van der Waals surface area contributed by atoms with Crippen LogP contribution in [-0.2, 0) is 9.68 Å². The Hall–Kier alpha value is -1.29. The Bertz CT molecular complexity index is 321. The largest absolute Gasteiger partial charge is 0.481 e. The van der Waals surface area contributed by atoms with Gasteiger partial charge in [0.1, 0.15) is 5.76 Å². The van der Waals surface area contributed by atoms with E-state index >= 15 is 0 Å². The molecule has 128 valence electrons. The van der Waals surface area contributed by atoms with E-state index in [4.69, 9.17) is 10.4 Å². The molecule has 0 unspecified atom stereocenters. The lowest BCUT2D eigenvalue weighted by Crippen LogP contribution is -1.93. The average molecular weight is 312 g/mol. The minimum absolute atomic E-state index is 0.291. The molecule has 0 atom stereocenters. The molecule has 0 amide bonds. The van der Waals surface area contributed by atoms with E-state index in [0.717, 1.165) is 70.6 Å². The van der Waals surface area contributed by atoms with Gasteiger partial charge in [0.05, 0.1) is 0 Å². The smallest absolute Gasteiger partial charge is 0.303 e. The van der Waals surface area contributed by atoms with Crippen LogP contribution in [0.1, 0.15) is 84.0 Å². The summed E-state index contributed by atoms with van der Waals surface area (Å²) in [6, 6.07) is 0. The molecule has 0 aliphatic heterocycles. The van der Waals surface area contributed by atoms with E-state index in [0.29, 0.717) is 12.2 Å². The van der Waals surface area contributed by atoms with Gasteiger partial charge >= 0.3 is 5.97 Å². The van der Waals surface area contributed by atoms with Gasteiger partial charge in [-0.25, -0.2) is 5.26 Å². The van der Waals surface area contributed by atoms with E-state index in [-0.39, 0.29) is 0 Å². The number of allylic oxidation sites excluding steroid dienone is 4. The van der Waals surface area contributed by atoms with Crippen molar-refractivity contribution in [2.75, 3.05) is 0 Å². The number of unbranched alkanes of at least 4 members (excludes halogenated alkanes) is 7. The second-order valence-corrected chi connectivity index (χ2v) is 5.63. The SMILES string of the molecule is CCCCCC(=CC/C=C\CCCCCCCC(=O)O)OO. The molecule has 4 heteroatoms. The van der Waals surface area contributed by atoms with E-state index < -0.39 is 5.97 Å². The third-order valence-corrected chi connectivity index (χ3v) is 3.55. The first-order valence-corrected chi connectivity index (χ1v) is 8.58. The first kappa shape index (κ1) is 20.7. The average Bonchev–Trinajstić information content (AvgIpc) is 2.50. The Morgan fingerprint density at radius 2 is 1.64 bits per heavy atom. The predicted octanol–water partition coefficient (Wildman–Crippen LogP) is 5.70. The molecule has 2 N–H and O–H groups in total. The molecule has 0 spiro atoms. The Labute approximate surface area is 134 Å². The van der Waals surface area contributed by atoms with Crippen molar-refractivity contribution in [3.8, 4) is 0 Å². The maximum absolute atomic E-state index is 10.3. The van der Waals surface area contributed by atoms with Gasteiger partial charge in [-0.05, 0) is 38.2 Å². The molecule has 0 aliphatic carbocycles. The molecular formula is C18H32O4. The Kier molecular flexibility index (Phi) is 15.1. The number of carboxylic acids is 1. The first-order valence-electron chi connectivity index (χ1n) is 8.58. The Morgan fingerprint density at radius 1 is 0.955 bits per heavy atom. The number of carboxylic acid groups (broad SMARTS) is 1. The van der Waals surface area contributed by atoms with Crippen molar-refractivity contribution in [2.45, 2.75) is 84.0 Å². The minimum atomic E-state index is -0.697. The highest BCUT2D eigenvalue weighted by Crippen LogP contribution is 2.11. The highest BCUT2D eigenvalue weighted by Gasteiger charge is 1.97. The molecule has 22 heavy (non-hydrogen) atoms.